The van der Waals surface area contributed by atoms with Crippen LogP contribution in [-0.2, 0) is 4.79 Å². The Bertz CT molecular complexity index is 608. The minimum atomic E-state index is -0.0790. The van der Waals surface area contributed by atoms with Crippen LogP contribution in [-0.4, -0.2) is 17.5 Å². The Morgan fingerprint density at radius 1 is 1.35 bits per heavy atom. The number of ether oxygens (including phenoxy) is 1. The van der Waals surface area contributed by atoms with Gasteiger partial charge in [0.15, 0.2) is 5.13 Å². The molecule has 0 unspecified atom stereocenters. The molecule has 0 aliphatic heterocycles. The first-order chi connectivity index (χ1) is 9.54. The molecule has 0 aliphatic carbocycles. The van der Waals surface area contributed by atoms with Gasteiger partial charge in [0.2, 0.25) is 5.91 Å². The fourth-order valence-corrected chi connectivity index (χ4v) is 2.41. The Kier molecular flexibility index (Phi) is 4.74. The second kappa shape index (κ2) is 6.52. The van der Waals surface area contributed by atoms with Crippen molar-refractivity contribution in [2.24, 2.45) is 0 Å². The topological polar surface area (TPSA) is 51.2 Å². The maximum absolute atomic E-state index is 11.7. The van der Waals surface area contributed by atoms with Crippen LogP contribution in [0.25, 0.3) is 0 Å². The molecule has 2 aromatic rings. The van der Waals surface area contributed by atoms with Crippen LogP contribution in [0.4, 0.5) is 5.13 Å². The van der Waals surface area contributed by atoms with Crippen LogP contribution < -0.4 is 10.1 Å². The predicted molar refractivity (Wildman–Crippen MR) is 81.5 cm³/mol. The summed E-state index contributed by atoms with van der Waals surface area (Å²) in [6, 6.07) is 6.04. The summed E-state index contributed by atoms with van der Waals surface area (Å²) >= 11 is 1.43. The number of nitrogens with one attached hydrogen (secondary N) is 1. The summed E-state index contributed by atoms with van der Waals surface area (Å²) in [7, 11) is 0. The zero-order chi connectivity index (χ0) is 14.5. The van der Waals surface area contributed by atoms with E-state index < -0.39 is 0 Å². The number of hydrogen-bond donors (Lipinski definition) is 1. The van der Waals surface area contributed by atoms with Gasteiger partial charge in [0.25, 0.3) is 0 Å². The summed E-state index contributed by atoms with van der Waals surface area (Å²) in [5.41, 5.74) is 3.14. The average Bonchev–Trinajstić information content (AvgIpc) is 2.79. The van der Waals surface area contributed by atoms with Crippen LogP contribution in [0.1, 0.15) is 23.2 Å². The first-order valence-corrected chi connectivity index (χ1v) is 7.34. The minimum Gasteiger partial charge on any atom is -0.493 e. The standard InChI is InChI=1S/C15H18N2O2S/c1-10-4-5-11(2)13(8-10)19-7-6-14(18)17-15-16-12(3)9-20-15/h4-5,8-9H,6-7H2,1-3H3,(H,16,17,18). The number of hydrogen-bond acceptors (Lipinski definition) is 4. The van der Waals surface area contributed by atoms with Crippen molar-refractivity contribution in [1.29, 1.82) is 0 Å². The number of amides is 1. The molecule has 1 aromatic heterocycles. The number of carbonyl (C=O) groups is 1. The number of thiazole rings is 1. The Hall–Kier alpha value is -1.88. The molecule has 20 heavy (non-hydrogen) atoms. The van der Waals surface area contributed by atoms with Crippen LogP contribution >= 0.6 is 11.3 Å². The minimum absolute atomic E-state index is 0.0790. The van der Waals surface area contributed by atoms with E-state index in [2.05, 4.69) is 10.3 Å². The molecule has 0 radical (unpaired) electrons. The highest BCUT2D eigenvalue weighted by molar-refractivity contribution is 7.13. The maximum Gasteiger partial charge on any atom is 0.229 e. The van der Waals surface area contributed by atoms with Crippen LogP contribution in [0.15, 0.2) is 23.6 Å². The lowest BCUT2D eigenvalue weighted by Crippen LogP contribution is -2.15. The van der Waals surface area contributed by atoms with E-state index in [4.69, 9.17) is 4.74 Å². The molecule has 106 valence electrons. The molecule has 1 N–H and O–H groups in total. The number of carbonyl (C=O) groups excluding carboxylic acids is 1. The smallest absolute Gasteiger partial charge is 0.229 e. The van der Waals surface area contributed by atoms with E-state index in [0.717, 1.165) is 22.6 Å². The van der Waals surface area contributed by atoms with E-state index >= 15 is 0 Å². The van der Waals surface area contributed by atoms with Gasteiger partial charge in [0.05, 0.1) is 18.7 Å². The SMILES string of the molecule is Cc1ccc(C)c(OCCC(=O)Nc2nc(C)cs2)c1. The number of aromatic nitrogens is 1. The predicted octanol–water partition coefficient (Wildman–Crippen LogP) is 3.48. The third-order valence-corrected chi connectivity index (χ3v) is 3.67. The molecule has 4 nitrogen and oxygen atoms in total. The van der Waals surface area contributed by atoms with E-state index in [1.165, 1.54) is 11.3 Å². The van der Waals surface area contributed by atoms with Gasteiger partial charge in [-0.15, -0.1) is 11.3 Å². The zero-order valence-corrected chi connectivity index (χ0v) is 12.7. The van der Waals surface area contributed by atoms with Gasteiger partial charge in [0, 0.05) is 5.38 Å². The molecule has 1 aromatic carbocycles. The largest absolute Gasteiger partial charge is 0.493 e. The van der Waals surface area contributed by atoms with Crippen molar-refractivity contribution in [3.05, 3.63) is 40.4 Å². The number of rotatable bonds is 5. The Labute approximate surface area is 122 Å². The molecule has 5 heteroatoms. The van der Waals surface area contributed by atoms with E-state index in [0.29, 0.717) is 18.2 Å². The van der Waals surface area contributed by atoms with Crippen molar-refractivity contribution >= 4 is 22.4 Å². The number of anilines is 1. The van der Waals surface area contributed by atoms with Crippen LogP contribution in [0.2, 0.25) is 0 Å². The van der Waals surface area contributed by atoms with Crippen molar-refractivity contribution in [2.75, 3.05) is 11.9 Å². The number of nitrogens with zero attached hydrogens (tertiary/aromatic N) is 1. The normalized spacial score (nSPS) is 10.3. The monoisotopic (exact) mass is 290 g/mol. The molecular formula is C15H18N2O2S. The molecule has 0 fully saturated rings. The van der Waals surface area contributed by atoms with E-state index in [-0.39, 0.29) is 5.91 Å². The lowest BCUT2D eigenvalue weighted by atomic mass is 10.1. The molecule has 0 saturated carbocycles. The molecule has 0 spiro atoms. The van der Waals surface area contributed by atoms with E-state index in [9.17, 15) is 4.79 Å². The van der Waals surface area contributed by atoms with Crippen molar-refractivity contribution in [3.63, 3.8) is 0 Å². The summed E-state index contributed by atoms with van der Waals surface area (Å²) in [4.78, 5) is 15.9. The Morgan fingerprint density at radius 3 is 2.85 bits per heavy atom. The number of aryl methyl sites for hydroxylation is 3. The van der Waals surface area contributed by atoms with Gasteiger partial charge in [-0.05, 0) is 38.0 Å². The van der Waals surface area contributed by atoms with E-state index in [1.54, 1.807) is 0 Å². The highest BCUT2D eigenvalue weighted by Gasteiger charge is 2.06. The zero-order valence-electron chi connectivity index (χ0n) is 11.9. The molecule has 0 aliphatic rings. The van der Waals surface area contributed by atoms with E-state index in [1.807, 2.05) is 44.4 Å². The molecule has 0 bridgehead atoms. The summed E-state index contributed by atoms with van der Waals surface area (Å²) in [5, 5.41) is 5.31. The van der Waals surface area contributed by atoms with Crippen LogP contribution in [0, 0.1) is 20.8 Å². The fourth-order valence-electron chi connectivity index (χ4n) is 1.71. The first-order valence-electron chi connectivity index (χ1n) is 6.46. The lowest BCUT2D eigenvalue weighted by Gasteiger charge is -2.09. The molecular weight excluding hydrogens is 272 g/mol. The van der Waals surface area contributed by atoms with Crippen LogP contribution in [0.5, 0.6) is 5.75 Å². The number of benzene rings is 1. The highest BCUT2D eigenvalue weighted by atomic mass is 32.1. The third-order valence-electron chi connectivity index (χ3n) is 2.80. The van der Waals surface area contributed by atoms with Crippen molar-refractivity contribution < 1.29 is 9.53 Å². The van der Waals surface area contributed by atoms with Gasteiger partial charge in [-0.1, -0.05) is 12.1 Å². The summed E-state index contributed by atoms with van der Waals surface area (Å²) in [5.74, 6) is 0.757. The van der Waals surface area contributed by atoms with Crippen molar-refractivity contribution in [2.45, 2.75) is 27.2 Å². The summed E-state index contributed by atoms with van der Waals surface area (Å²) < 4.78 is 5.65. The molecule has 1 heterocycles. The van der Waals surface area contributed by atoms with Gasteiger partial charge in [-0.3, -0.25) is 4.79 Å². The van der Waals surface area contributed by atoms with Gasteiger partial charge in [0.1, 0.15) is 5.75 Å². The fraction of sp³-hybridized carbons (Fsp3) is 0.333. The van der Waals surface area contributed by atoms with Crippen LogP contribution in [0.3, 0.4) is 0 Å². The quantitative estimate of drug-likeness (QED) is 0.917. The van der Waals surface area contributed by atoms with Gasteiger partial charge < -0.3 is 10.1 Å². The summed E-state index contributed by atoms with van der Waals surface area (Å²) in [6.07, 6.45) is 0.312. The Morgan fingerprint density at radius 2 is 2.15 bits per heavy atom. The van der Waals surface area contributed by atoms with Crippen molar-refractivity contribution in [3.8, 4) is 5.75 Å². The first kappa shape index (κ1) is 14.5. The molecule has 1 amide bonds. The van der Waals surface area contributed by atoms with Gasteiger partial charge >= 0.3 is 0 Å². The van der Waals surface area contributed by atoms with Crippen molar-refractivity contribution in [1.82, 2.24) is 4.98 Å². The third kappa shape index (κ3) is 4.06. The van der Waals surface area contributed by atoms with Gasteiger partial charge in [-0.2, -0.15) is 0 Å². The molecule has 0 saturated heterocycles. The molecule has 2 rings (SSSR count). The van der Waals surface area contributed by atoms with Gasteiger partial charge in [-0.25, -0.2) is 4.98 Å². The second-order valence-corrected chi connectivity index (χ2v) is 5.57. The Balaban J connectivity index is 1.80. The highest BCUT2D eigenvalue weighted by Crippen LogP contribution is 2.19. The maximum atomic E-state index is 11.7. The molecule has 0 atom stereocenters. The average molecular weight is 290 g/mol. The lowest BCUT2D eigenvalue weighted by molar-refractivity contribution is -0.116. The summed E-state index contributed by atoms with van der Waals surface area (Å²) in [6.45, 7) is 6.27. The second-order valence-electron chi connectivity index (χ2n) is 4.71.